The van der Waals surface area contributed by atoms with Gasteiger partial charge in [-0.1, -0.05) is 31.2 Å². The van der Waals surface area contributed by atoms with E-state index in [4.69, 9.17) is 5.73 Å². The molecule has 1 amide bonds. The molecule has 21 heavy (non-hydrogen) atoms. The molecule has 1 aromatic rings. The molecule has 0 bridgehead atoms. The molecule has 0 spiro atoms. The SMILES string of the molecule is CCc1ccc(CCCC(=O)N2CCC(N)C(O)C2)cc1. The smallest absolute Gasteiger partial charge is 0.222 e. The van der Waals surface area contributed by atoms with Crippen LogP contribution in [0.1, 0.15) is 37.3 Å². The lowest BCUT2D eigenvalue weighted by atomic mass is 10.0. The number of carbonyl (C=O) groups is 1. The van der Waals surface area contributed by atoms with E-state index in [1.54, 1.807) is 4.90 Å². The molecule has 1 fully saturated rings. The maximum atomic E-state index is 12.1. The fourth-order valence-corrected chi connectivity index (χ4v) is 2.72. The Kier molecular flexibility index (Phi) is 5.76. The van der Waals surface area contributed by atoms with E-state index >= 15 is 0 Å². The van der Waals surface area contributed by atoms with E-state index in [1.807, 2.05) is 0 Å². The highest BCUT2D eigenvalue weighted by molar-refractivity contribution is 5.76. The standard InChI is InChI=1S/C17H26N2O2/c1-2-13-6-8-14(9-7-13)4-3-5-17(21)19-11-10-15(18)16(20)12-19/h6-9,15-16,20H,2-5,10-12,18H2,1H3. The highest BCUT2D eigenvalue weighted by Crippen LogP contribution is 2.13. The van der Waals surface area contributed by atoms with Gasteiger partial charge in [0.05, 0.1) is 6.10 Å². The van der Waals surface area contributed by atoms with E-state index in [0.29, 0.717) is 25.9 Å². The number of aliphatic hydroxyl groups excluding tert-OH is 1. The van der Waals surface area contributed by atoms with Gasteiger partial charge in [0.2, 0.25) is 5.91 Å². The summed E-state index contributed by atoms with van der Waals surface area (Å²) in [6, 6.07) is 8.41. The highest BCUT2D eigenvalue weighted by Gasteiger charge is 2.27. The number of amides is 1. The summed E-state index contributed by atoms with van der Waals surface area (Å²) < 4.78 is 0. The fourth-order valence-electron chi connectivity index (χ4n) is 2.72. The Balaban J connectivity index is 1.73. The lowest BCUT2D eigenvalue weighted by Gasteiger charge is -2.34. The predicted molar refractivity (Wildman–Crippen MR) is 83.9 cm³/mol. The number of piperidine rings is 1. The van der Waals surface area contributed by atoms with Crippen LogP contribution in [0.2, 0.25) is 0 Å². The zero-order chi connectivity index (χ0) is 15.2. The third kappa shape index (κ3) is 4.55. The second kappa shape index (κ2) is 7.57. The topological polar surface area (TPSA) is 66.6 Å². The van der Waals surface area contributed by atoms with Crippen molar-refractivity contribution in [2.24, 2.45) is 5.73 Å². The Morgan fingerprint density at radius 3 is 2.62 bits per heavy atom. The number of nitrogens with zero attached hydrogens (tertiary/aromatic N) is 1. The molecular weight excluding hydrogens is 264 g/mol. The van der Waals surface area contributed by atoms with Gasteiger partial charge in [-0.25, -0.2) is 0 Å². The van der Waals surface area contributed by atoms with Gasteiger partial charge < -0.3 is 15.7 Å². The molecule has 0 aliphatic carbocycles. The van der Waals surface area contributed by atoms with Crippen LogP contribution in [0.3, 0.4) is 0 Å². The first-order valence-electron chi connectivity index (χ1n) is 7.89. The molecule has 116 valence electrons. The van der Waals surface area contributed by atoms with Crippen molar-refractivity contribution in [3.05, 3.63) is 35.4 Å². The van der Waals surface area contributed by atoms with Gasteiger partial charge in [-0.3, -0.25) is 4.79 Å². The number of carbonyl (C=O) groups excluding carboxylic acids is 1. The zero-order valence-corrected chi connectivity index (χ0v) is 12.8. The highest BCUT2D eigenvalue weighted by atomic mass is 16.3. The van der Waals surface area contributed by atoms with Crippen LogP contribution in [-0.2, 0) is 17.6 Å². The molecule has 3 N–H and O–H groups in total. The van der Waals surface area contributed by atoms with E-state index in [-0.39, 0.29) is 11.9 Å². The predicted octanol–water partition coefficient (Wildman–Crippen LogP) is 1.49. The van der Waals surface area contributed by atoms with Crippen molar-refractivity contribution < 1.29 is 9.90 Å². The van der Waals surface area contributed by atoms with Gasteiger partial charge in [0.15, 0.2) is 0 Å². The molecule has 1 aliphatic rings. The van der Waals surface area contributed by atoms with Crippen LogP contribution in [0.4, 0.5) is 0 Å². The van der Waals surface area contributed by atoms with Gasteiger partial charge in [-0.05, 0) is 36.8 Å². The lowest BCUT2D eigenvalue weighted by molar-refractivity contribution is -0.134. The molecular formula is C17H26N2O2. The number of rotatable bonds is 5. The van der Waals surface area contributed by atoms with E-state index in [1.165, 1.54) is 11.1 Å². The summed E-state index contributed by atoms with van der Waals surface area (Å²) >= 11 is 0. The quantitative estimate of drug-likeness (QED) is 0.863. The minimum atomic E-state index is -0.579. The number of likely N-dealkylation sites (tertiary alicyclic amines) is 1. The van der Waals surface area contributed by atoms with Crippen LogP contribution < -0.4 is 5.73 Å². The normalized spacial score (nSPS) is 22.3. The average molecular weight is 290 g/mol. The minimum absolute atomic E-state index is 0.131. The second-order valence-corrected chi connectivity index (χ2v) is 5.88. The molecule has 0 radical (unpaired) electrons. The van der Waals surface area contributed by atoms with Gasteiger partial charge in [0.1, 0.15) is 0 Å². The van der Waals surface area contributed by atoms with Crippen LogP contribution in [-0.4, -0.2) is 41.1 Å². The van der Waals surface area contributed by atoms with E-state index in [9.17, 15) is 9.90 Å². The zero-order valence-electron chi connectivity index (χ0n) is 12.8. The average Bonchev–Trinajstić information content (AvgIpc) is 2.50. The second-order valence-electron chi connectivity index (χ2n) is 5.88. The summed E-state index contributed by atoms with van der Waals surface area (Å²) in [6.45, 7) is 3.19. The molecule has 0 aromatic heterocycles. The van der Waals surface area contributed by atoms with E-state index in [2.05, 4.69) is 31.2 Å². The van der Waals surface area contributed by atoms with Crippen LogP contribution >= 0.6 is 0 Å². The molecule has 4 nitrogen and oxygen atoms in total. The summed E-state index contributed by atoms with van der Waals surface area (Å²) in [5.41, 5.74) is 8.37. The van der Waals surface area contributed by atoms with Crippen molar-refractivity contribution in [3.8, 4) is 0 Å². The summed E-state index contributed by atoms with van der Waals surface area (Å²) in [7, 11) is 0. The van der Waals surface area contributed by atoms with Gasteiger partial charge in [-0.15, -0.1) is 0 Å². The maximum absolute atomic E-state index is 12.1. The number of hydrogen-bond acceptors (Lipinski definition) is 3. The van der Waals surface area contributed by atoms with Crippen molar-refractivity contribution in [1.82, 2.24) is 4.90 Å². The Bertz CT molecular complexity index is 458. The Labute approximate surface area is 126 Å². The number of benzene rings is 1. The molecule has 1 heterocycles. The Hall–Kier alpha value is -1.39. The maximum Gasteiger partial charge on any atom is 0.222 e. The fraction of sp³-hybridized carbons (Fsp3) is 0.588. The molecule has 2 rings (SSSR count). The van der Waals surface area contributed by atoms with Crippen LogP contribution in [0.5, 0.6) is 0 Å². The molecule has 1 aliphatic heterocycles. The van der Waals surface area contributed by atoms with Gasteiger partial charge in [0, 0.05) is 25.6 Å². The summed E-state index contributed by atoms with van der Waals surface area (Å²) in [5, 5.41) is 9.73. The first-order chi connectivity index (χ1) is 10.1. The number of nitrogens with two attached hydrogens (primary N) is 1. The minimum Gasteiger partial charge on any atom is -0.390 e. The van der Waals surface area contributed by atoms with Gasteiger partial charge in [-0.2, -0.15) is 0 Å². The molecule has 4 heteroatoms. The van der Waals surface area contributed by atoms with Crippen molar-refractivity contribution in [3.63, 3.8) is 0 Å². The van der Waals surface area contributed by atoms with Crippen molar-refractivity contribution in [2.75, 3.05) is 13.1 Å². The van der Waals surface area contributed by atoms with Gasteiger partial charge in [0.25, 0.3) is 0 Å². The first kappa shape index (κ1) is 16.0. The third-order valence-corrected chi connectivity index (χ3v) is 4.27. The van der Waals surface area contributed by atoms with Crippen LogP contribution in [0, 0.1) is 0 Å². The molecule has 2 unspecified atom stereocenters. The summed E-state index contributed by atoms with van der Waals surface area (Å²) in [6.07, 6.45) is 3.47. The van der Waals surface area contributed by atoms with E-state index in [0.717, 1.165) is 19.3 Å². The van der Waals surface area contributed by atoms with Crippen LogP contribution in [0.15, 0.2) is 24.3 Å². The summed E-state index contributed by atoms with van der Waals surface area (Å²) in [4.78, 5) is 13.9. The Morgan fingerprint density at radius 2 is 2.00 bits per heavy atom. The van der Waals surface area contributed by atoms with Crippen molar-refractivity contribution in [2.45, 2.75) is 51.2 Å². The lowest BCUT2D eigenvalue weighted by Crippen LogP contribution is -2.52. The number of β-amino-alcohol motifs (C(OH)–C–C–N with tert-alkyl or cyclic N) is 1. The molecule has 0 saturated carbocycles. The van der Waals surface area contributed by atoms with Crippen LogP contribution in [0.25, 0.3) is 0 Å². The first-order valence-corrected chi connectivity index (χ1v) is 7.89. The molecule has 2 atom stereocenters. The van der Waals surface area contributed by atoms with Crippen molar-refractivity contribution >= 4 is 5.91 Å². The third-order valence-electron chi connectivity index (χ3n) is 4.27. The number of aryl methyl sites for hydroxylation is 2. The van der Waals surface area contributed by atoms with Gasteiger partial charge >= 0.3 is 0 Å². The Morgan fingerprint density at radius 1 is 1.33 bits per heavy atom. The number of aliphatic hydroxyl groups is 1. The largest absolute Gasteiger partial charge is 0.390 e. The molecule has 1 saturated heterocycles. The monoisotopic (exact) mass is 290 g/mol. The summed E-state index contributed by atoms with van der Waals surface area (Å²) in [5.74, 6) is 0.131. The number of hydrogen-bond donors (Lipinski definition) is 2. The van der Waals surface area contributed by atoms with Crippen molar-refractivity contribution in [1.29, 1.82) is 0 Å². The molecule has 1 aromatic carbocycles. The van der Waals surface area contributed by atoms with E-state index < -0.39 is 6.10 Å².